The molecule has 1 aromatic rings. The molecule has 2 rings (SSSR count). The van der Waals surface area contributed by atoms with Crippen molar-refractivity contribution in [2.45, 2.75) is 52.1 Å². The van der Waals surface area contributed by atoms with Crippen molar-refractivity contribution in [2.75, 3.05) is 18.0 Å². The van der Waals surface area contributed by atoms with Crippen molar-refractivity contribution in [3.63, 3.8) is 0 Å². The second-order valence-corrected chi connectivity index (χ2v) is 5.22. The van der Waals surface area contributed by atoms with Crippen molar-refractivity contribution < 1.29 is 0 Å². The second kappa shape index (κ2) is 6.79. The van der Waals surface area contributed by atoms with Gasteiger partial charge < -0.3 is 10.2 Å². The third-order valence-corrected chi connectivity index (χ3v) is 3.59. The van der Waals surface area contributed by atoms with Gasteiger partial charge in [-0.05, 0) is 43.5 Å². The molecular weight excluding hydrogens is 220 g/mol. The predicted octanol–water partition coefficient (Wildman–Crippen LogP) is 3.57. The number of anilines is 1. The fraction of sp³-hybridized carbons (Fsp3) is 0.625. The van der Waals surface area contributed by atoms with Gasteiger partial charge >= 0.3 is 0 Å². The van der Waals surface area contributed by atoms with Gasteiger partial charge in [-0.15, -0.1) is 0 Å². The summed E-state index contributed by atoms with van der Waals surface area (Å²) in [6.45, 7) is 7.65. The molecule has 0 unspecified atom stereocenters. The van der Waals surface area contributed by atoms with Crippen molar-refractivity contribution in [1.29, 1.82) is 0 Å². The minimum atomic E-state index is 0.816. The van der Waals surface area contributed by atoms with E-state index in [2.05, 4.69) is 48.3 Å². The normalized spacial score (nSPS) is 14.8. The van der Waals surface area contributed by atoms with Crippen LogP contribution in [-0.2, 0) is 6.54 Å². The lowest BCUT2D eigenvalue weighted by Gasteiger charge is -2.24. The molecule has 0 atom stereocenters. The Morgan fingerprint density at radius 1 is 1.17 bits per heavy atom. The number of unbranched alkanes of at least 4 members (excludes halogenated alkanes) is 1. The molecular formula is C16H26N2. The van der Waals surface area contributed by atoms with E-state index in [4.69, 9.17) is 0 Å². The zero-order chi connectivity index (χ0) is 12.8. The summed E-state index contributed by atoms with van der Waals surface area (Å²) in [5.41, 5.74) is 2.79. The van der Waals surface area contributed by atoms with Gasteiger partial charge in [0.25, 0.3) is 0 Å². The topological polar surface area (TPSA) is 15.3 Å². The van der Waals surface area contributed by atoms with Gasteiger partial charge in [0.1, 0.15) is 0 Å². The van der Waals surface area contributed by atoms with Gasteiger partial charge in [0.05, 0.1) is 0 Å². The predicted molar refractivity (Wildman–Crippen MR) is 79.1 cm³/mol. The van der Waals surface area contributed by atoms with E-state index in [-0.39, 0.29) is 0 Å². The van der Waals surface area contributed by atoms with Crippen LogP contribution in [0.15, 0.2) is 24.3 Å². The molecule has 1 N–H and O–H groups in total. The Balaban J connectivity index is 1.96. The summed E-state index contributed by atoms with van der Waals surface area (Å²) in [6, 6.07) is 9.93. The molecule has 1 fully saturated rings. The number of rotatable bonds is 8. The van der Waals surface area contributed by atoms with Gasteiger partial charge in [0.2, 0.25) is 0 Å². The average Bonchev–Trinajstić information content (AvgIpc) is 3.23. The standard InChI is InChI=1S/C16H26N2/c1-3-5-12-18(16-10-11-16)15-8-6-14(7-9-15)13-17-4-2/h6-9,16-17H,3-5,10-13H2,1-2H3. The molecule has 18 heavy (non-hydrogen) atoms. The monoisotopic (exact) mass is 246 g/mol. The van der Waals surface area contributed by atoms with Crippen molar-refractivity contribution >= 4 is 5.69 Å². The van der Waals surface area contributed by atoms with Gasteiger partial charge in [-0.25, -0.2) is 0 Å². The van der Waals surface area contributed by atoms with E-state index in [1.54, 1.807) is 0 Å². The molecule has 0 spiro atoms. The Labute approximate surface area is 111 Å². The van der Waals surface area contributed by atoms with Crippen LogP contribution in [0.2, 0.25) is 0 Å². The molecule has 0 amide bonds. The number of nitrogens with zero attached hydrogens (tertiary/aromatic N) is 1. The molecule has 0 aliphatic heterocycles. The van der Waals surface area contributed by atoms with E-state index in [0.29, 0.717) is 0 Å². The van der Waals surface area contributed by atoms with Crippen molar-refractivity contribution in [3.8, 4) is 0 Å². The highest BCUT2D eigenvalue weighted by Crippen LogP contribution is 2.32. The molecule has 1 saturated carbocycles. The van der Waals surface area contributed by atoms with Crippen LogP contribution < -0.4 is 10.2 Å². The second-order valence-electron chi connectivity index (χ2n) is 5.22. The molecule has 2 heteroatoms. The largest absolute Gasteiger partial charge is 0.369 e. The van der Waals surface area contributed by atoms with E-state index in [9.17, 15) is 0 Å². The Morgan fingerprint density at radius 3 is 2.44 bits per heavy atom. The van der Waals surface area contributed by atoms with E-state index in [0.717, 1.165) is 19.1 Å². The summed E-state index contributed by atoms with van der Waals surface area (Å²) in [4.78, 5) is 2.60. The zero-order valence-electron chi connectivity index (χ0n) is 11.8. The summed E-state index contributed by atoms with van der Waals surface area (Å²) in [5.74, 6) is 0. The number of hydrogen-bond donors (Lipinski definition) is 1. The van der Waals surface area contributed by atoms with E-state index in [1.807, 2.05) is 0 Å². The first kappa shape index (κ1) is 13.4. The van der Waals surface area contributed by atoms with E-state index >= 15 is 0 Å². The minimum Gasteiger partial charge on any atom is -0.369 e. The number of nitrogens with one attached hydrogen (secondary N) is 1. The molecule has 1 aliphatic rings. The van der Waals surface area contributed by atoms with Crippen LogP contribution in [0.1, 0.15) is 45.1 Å². The first-order chi connectivity index (χ1) is 8.85. The van der Waals surface area contributed by atoms with E-state index in [1.165, 1.54) is 43.5 Å². The highest BCUT2D eigenvalue weighted by atomic mass is 15.2. The van der Waals surface area contributed by atoms with E-state index < -0.39 is 0 Å². The van der Waals surface area contributed by atoms with Crippen LogP contribution >= 0.6 is 0 Å². The summed E-state index contributed by atoms with van der Waals surface area (Å²) in [6.07, 6.45) is 5.34. The quantitative estimate of drug-likeness (QED) is 0.754. The Morgan fingerprint density at radius 2 is 1.89 bits per heavy atom. The summed E-state index contributed by atoms with van der Waals surface area (Å²) in [7, 11) is 0. The summed E-state index contributed by atoms with van der Waals surface area (Å²) in [5, 5.41) is 3.37. The summed E-state index contributed by atoms with van der Waals surface area (Å²) >= 11 is 0. The molecule has 1 aliphatic carbocycles. The number of hydrogen-bond acceptors (Lipinski definition) is 2. The molecule has 0 aromatic heterocycles. The lowest BCUT2D eigenvalue weighted by molar-refractivity contribution is 0.710. The third kappa shape index (κ3) is 3.74. The molecule has 0 saturated heterocycles. The molecule has 0 radical (unpaired) electrons. The minimum absolute atomic E-state index is 0.816. The zero-order valence-corrected chi connectivity index (χ0v) is 11.8. The van der Waals surface area contributed by atoms with Crippen LogP contribution in [0.25, 0.3) is 0 Å². The average molecular weight is 246 g/mol. The number of benzene rings is 1. The fourth-order valence-electron chi connectivity index (χ4n) is 2.31. The Hall–Kier alpha value is -1.02. The Kier molecular flexibility index (Phi) is 5.06. The molecule has 0 heterocycles. The molecule has 100 valence electrons. The van der Waals surface area contributed by atoms with Crippen LogP contribution in [0, 0.1) is 0 Å². The van der Waals surface area contributed by atoms with Gasteiger partial charge in [-0.1, -0.05) is 32.4 Å². The first-order valence-corrected chi connectivity index (χ1v) is 7.41. The van der Waals surface area contributed by atoms with Crippen LogP contribution in [-0.4, -0.2) is 19.1 Å². The van der Waals surface area contributed by atoms with Crippen LogP contribution in [0.4, 0.5) is 5.69 Å². The van der Waals surface area contributed by atoms with Gasteiger partial charge in [0.15, 0.2) is 0 Å². The smallest absolute Gasteiger partial charge is 0.0368 e. The van der Waals surface area contributed by atoms with Crippen molar-refractivity contribution in [1.82, 2.24) is 5.32 Å². The molecule has 0 bridgehead atoms. The maximum atomic E-state index is 3.37. The SMILES string of the molecule is CCCCN(c1ccc(CNCC)cc1)C1CC1. The van der Waals surface area contributed by atoms with Gasteiger partial charge in [0, 0.05) is 24.8 Å². The third-order valence-electron chi connectivity index (χ3n) is 3.59. The lowest BCUT2D eigenvalue weighted by atomic mass is 10.2. The maximum Gasteiger partial charge on any atom is 0.0368 e. The lowest BCUT2D eigenvalue weighted by Crippen LogP contribution is -2.26. The highest BCUT2D eigenvalue weighted by Gasteiger charge is 2.28. The Bertz CT molecular complexity index is 341. The first-order valence-electron chi connectivity index (χ1n) is 7.41. The van der Waals surface area contributed by atoms with Crippen molar-refractivity contribution in [2.24, 2.45) is 0 Å². The fourth-order valence-corrected chi connectivity index (χ4v) is 2.31. The van der Waals surface area contributed by atoms with Gasteiger partial charge in [-0.3, -0.25) is 0 Å². The summed E-state index contributed by atoms with van der Waals surface area (Å²) < 4.78 is 0. The highest BCUT2D eigenvalue weighted by molar-refractivity contribution is 5.49. The van der Waals surface area contributed by atoms with Gasteiger partial charge in [-0.2, -0.15) is 0 Å². The van der Waals surface area contributed by atoms with Crippen molar-refractivity contribution in [3.05, 3.63) is 29.8 Å². The van der Waals surface area contributed by atoms with Crippen LogP contribution in [0.5, 0.6) is 0 Å². The van der Waals surface area contributed by atoms with Crippen LogP contribution in [0.3, 0.4) is 0 Å². The molecule has 1 aromatic carbocycles. The maximum absolute atomic E-state index is 3.37. The molecule has 2 nitrogen and oxygen atoms in total.